The van der Waals surface area contributed by atoms with Crippen LogP contribution in [-0.2, 0) is 19.2 Å². The Morgan fingerprint density at radius 2 is 1.65 bits per heavy atom. The first-order chi connectivity index (χ1) is 14.2. The number of carbonyl (C=O) groups excluding carboxylic acids is 2. The molecule has 0 bridgehead atoms. The Morgan fingerprint density at radius 1 is 1.10 bits per heavy atom. The fraction of sp³-hybridized carbons (Fsp3) is 0.688. The molecular weight excluding hydrogens is 447 g/mol. The van der Waals surface area contributed by atoms with Gasteiger partial charge in [0.05, 0.1) is 0 Å². The van der Waals surface area contributed by atoms with Gasteiger partial charge in [0.2, 0.25) is 5.91 Å². The van der Waals surface area contributed by atoms with E-state index in [0.717, 1.165) is 11.8 Å². The minimum absolute atomic E-state index is 0.0611. The lowest BCUT2D eigenvalue weighted by molar-refractivity contribution is -0.192. The van der Waals surface area contributed by atoms with Crippen LogP contribution in [0.15, 0.2) is 4.99 Å². The van der Waals surface area contributed by atoms with Gasteiger partial charge >= 0.3 is 18.1 Å². The van der Waals surface area contributed by atoms with Crippen LogP contribution in [0, 0.1) is 5.92 Å². The molecule has 31 heavy (non-hydrogen) atoms. The number of nitrogens with zero attached hydrogens (tertiary/aromatic N) is 1. The summed E-state index contributed by atoms with van der Waals surface area (Å²) in [7, 11) is 0. The van der Waals surface area contributed by atoms with Crippen LogP contribution < -0.4 is 22.5 Å². The van der Waals surface area contributed by atoms with Gasteiger partial charge < -0.3 is 32.7 Å². The zero-order chi connectivity index (χ0) is 24.6. The molecule has 0 spiro atoms. The second-order valence-corrected chi connectivity index (χ2v) is 7.28. The maximum Gasteiger partial charge on any atom is 0.490 e. The summed E-state index contributed by atoms with van der Waals surface area (Å²) in [5.41, 5.74) is 15.8. The van der Waals surface area contributed by atoms with Gasteiger partial charge in [0.15, 0.2) is 11.1 Å². The zero-order valence-electron chi connectivity index (χ0n) is 16.9. The van der Waals surface area contributed by atoms with E-state index >= 15 is 0 Å². The van der Waals surface area contributed by atoms with Crippen molar-refractivity contribution in [3.63, 3.8) is 0 Å². The highest BCUT2D eigenvalue weighted by Gasteiger charge is 2.38. The molecule has 1 unspecified atom stereocenters. The van der Waals surface area contributed by atoms with Crippen molar-refractivity contribution in [2.45, 2.75) is 44.8 Å². The fourth-order valence-corrected chi connectivity index (χ4v) is 2.68. The molecule has 2 atom stereocenters. The molecule has 9 N–H and O–H groups in total. The van der Waals surface area contributed by atoms with Crippen LogP contribution in [0.3, 0.4) is 0 Å². The second-order valence-electron chi connectivity index (χ2n) is 6.08. The summed E-state index contributed by atoms with van der Waals surface area (Å²) >= 11 is 1.04. The molecule has 0 aliphatic rings. The van der Waals surface area contributed by atoms with E-state index in [1.165, 1.54) is 6.92 Å². The van der Waals surface area contributed by atoms with Crippen LogP contribution in [0.25, 0.3) is 0 Å². The van der Waals surface area contributed by atoms with E-state index in [1.807, 2.05) is 0 Å². The second kappa shape index (κ2) is 16.2. The van der Waals surface area contributed by atoms with Gasteiger partial charge in [-0.1, -0.05) is 11.8 Å². The third-order valence-corrected chi connectivity index (χ3v) is 4.39. The summed E-state index contributed by atoms with van der Waals surface area (Å²) in [4.78, 5) is 47.3. The minimum atomic E-state index is -5.08. The number of alkyl halides is 3. The number of aliphatic carboxylic acids is 2. The predicted molar refractivity (Wildman–Crippen MR) is 108 cm³/mol. The number of carbonyl (C=O) groups is 4. The maximum absolute atomic E-state index is 12.3. The van der Waals surface area contributed by atoms with Gasteiger partial charge in [-0.2, -0.15) is 13.2 Å². The van der Waals surface area contributed by atoms with Gasteiger partial charge in [0, 0.05) is 25.1 Å². The number of rotatable bonds is 12. The van der Waals surface area contributed by atoms with Crippen LogP contribution in [0.5, 0.6) is 0 Å². The normalized spacial score (nSPS) is 12.5. The van der Waals surface area contributed by atoms with E-state index in [1.54, 1.807) is 0 Å². The molecule has 0 aliphatic heterocycles. The smallest absolute Gasteiger partial charge is 0.480 e. The van der Waals surface area contributed by atoms with Crippen molar-refractivity contribution in [1.29, 1.82) is 0 Å². The van der Waals surface area contributed by atoms with Gasteiger partial charge in [-0.05, 0) is 32.2 Å². The third-order valence-electron chi connectivity index (χ3n) is 3.42. The highest BCUT2D eigenvalue weighted by Crippen LogP contribution is 2.16. The first-order valence-corrected chi connectivity index (χ1v) is 9.93. The van der Waals surface area contributed by atoms with Crippen molar-refractivity contribution in [3.05, 3.63) is 0 Å². The number of hydrogen-bond acceptors (Lipinski definition) is 7. The molecule has 180 valence electrons. The standard InChI is InChI=1S/C14H27N5O4S.C2HF3O2/c1-9(20)24-8-10(4-2-6-15)12(21)19-11(13(22)23)5-3-7-18-14(16)17;3-2(4,5)1(6)7/h10-11H,2-8,15H2,1H3,(H,19,21)(H,22,23)(H4,16,17,18);(H,6,7)/t10?,11-;/m0./s1. The Hall–Kier alpha value is -2.55. The van der Waals surface area contributed by atoms with Gasteiger partial charge in [0.1, 0.15) is 6.04 Å². The van der Waals surface area contributed by atoms with E-state index in [4.69, 9.17) is 27.1 Å². The van der Waals surface area contributed by atoms with Crippen LogP contribution in [0.1, 0.15) is 32.6 Å². The number of aliphatic imine (C=N–C) groups is 1. The number of halogens is 3. The van der Waals surface area contributed by atoms with Gasteiger partial charge in [-0.25, -0.2) is 9.59 Å². The molecule has 0 saturated heterocycles. The summed E-state index contributed by atoms with van der Waals surface area (Å²) in [6.07, 6.45) is -3.33. The van der Waals surface area contributed by atoms with Crippen molar-refractivity contribution >= 4 is 40.7 Å². The van der Waals surface area contributed by atoms with Crippen LogP contribution in [0.2, 0.25) is 0 Å². The molecule has 15 heteroatoms. The highest BCUT2D eigenvalue weighted by atomic mass is 32.2. The SMILES string of the molecule is CC(=O)SCC(CCCN)C(=O)N[C@@H](CCCN=C(N)N)C(=O)O.O=C(O)C(F)(F)F. The lowest BCUT2D eigenvalue weighted by Gasteiger charge is -2.19. The van der Waals surface area contributed by atoms with Crippen LogP contribution in [0.4, 0.5) is 13.2 Å². The first-order valence-electron chi connectivity index (χ1n) is 8.94. The molecule has 0 aromatic heterocycles. The van der Waals surface area contributed by atoms with E-state index in [2.05, 4.69) is 10.3 Å². The fourth-order valence-electron chi connectivity index (χ4n) is 1.92. The Bertz CT molecular complexity index is 629. The number of nitrogens with one attached hydrogen (secondary N) is 1. The van der Waals surface area contributed by atoms with Gasteiger partial charge in [-0.15, -0.1) is 0 Å². The number of hydrogen-bond donors (Lipinski definition) is 6. The summed E-state index contributed by atoms with van der Waals surface area (Å²) in [5.74, 6) is -4.47. The zero-order valence-corrected chi connectivity index (χ0v) is 17.7. The molecule has 0 aliphatic carbocycles. The molecular formula is C16H28F3N5O6S. The first kappa shape index (κ1) is 30.6. The van der Waals surface area contributed by atoms with E-state index < -0.39 is 30.1 Å². The Kier molecular flexibility index (Phi) is 16.0. The van der Waals surface area contributed by atoms with Crippen molar-refractivity contribution in [2.75, 3.05) is 18.8 Å². The Morgan fingerprint density at radius 3 is 2.03 bits per heavy atom. The van der Waals surface area contributed by atoms with E-state index in [-0.39, 0.29) is 23.4 Å². The predicted octanol–water partition coefficient (Wildman–Crippen LogP) is -0.122. The molecule has 0 rings (SSSR count). The summed E-state index contributed by atoms with van der Waals surface area (Å²) < 4.78 is 31.7. The summed E-state index contributed by atoms with van der Waals surface area (Å²) in [5, 5.41) is 18.8. The molecule has 0 aromatic rings. The van der Waals surface area contributed by atoms with E-state index in [9.17, 15) is 32.7 Å². The molecule has 0 radical (unpaired) electrons. The van der Waals surface area contributed by atoms with Crippen molar-refractivity contribution < 1.29 is 42.6 Å². The summed E-state index contributed by atoms with van der Waals surface area (Å²) in [6, 6.07) is -1.02. The van der Waals surface area contributed by atoms with Crippen molar-refractivity contribution in [2.24, 2.45) is 28.1 Å². The number of thioether (sulfide) groups is 1. The molecule has 1 amide bonds. The van der Waals surface area contributed by atoms with Gasteiger partial charge in [0.25, 0.3) is 0 Å². The van der Waals surface area contributed by atoms with Crippen molar-refractivity contribution in [3.8, 4) is 0 Å². The number of guanidine groups is 1. The number of amides is 1. The van der Waals surface area contributed by atoms with Crippen LogP contribution >= 0.6 is 11.8 Å². The number of nitrogens with two attached hydrogens (primary N) is 3. The summed E-state index contributed by atoms with van der Waals surface area (Å²) in [6.45, 7) is 2.14. The number of carboxylic acid groups (broad SMARTS) is 2. The monoisotopic (exact) mass is 475 g/mol. The lowest BCUT2D eigenvalue weighted by atomic mass is 10.0. The maximum atomic E-state index is 12.3. The van der Waals surface area contributed by atoms with Gasteiger partial charge in [-0.3, -0.25) is 14.6 Å². The van der Waals surface area contributed by atoms with Crippen LogP contribution in [-0.4, -0.2) is 70.2 Å². The third kappa shape index (κ3) is 18.0. The average Bonchev–Trinajstić information content (AvgIpc) is 2.63. The molecule has 0 saturated carbocycles. The van der Waals surface area contributed by atoms with E-state index in [0.29, 0.717) is 38.1 Å². The quantitative estimate of drug-likeness (QED) is 0.125. The minimum Gasteiger partial charge on any atom is -0.480 e. The highest BCUT2D eigenvalue weighted by molar-refractivity contribution is 8.13. The van der Waals surface area contributed by atoms with Crippen molar-refractivity contribution in [1.82, 2.24) is 5.32 Å². The number of carboxylic acids is 2. The average molecular weight is 475 g/mol. The Labute approximate surface area is 181 Å². The molecule has 0 heterocycles. The molecule has 0 aromatic carbocycles. The lowest BCUT2D eigenvalue weighted by Crippen LogP contribution is -2.44. The molecule has 0 fully saturated rings. The topological polar surface area (TPSA) is 211 Å². The largest absolute Gasteiger partial charge is 0.490 e. The molecule has 11 nitrogen and oxygen atoms in total. The Balaban J connectivity index is 0.